The molecule has 0 bridgehead atoms. The molecule has 0 atom stereocenters. The number of hydrogen-bond acceptors (Lipinski definition) is 2. The van der Waals surface area contributed by atoms with Gasteiger partial charge in [-0.05, 0) is 31.4 Å². The van der Waals surface area contributed by atoms with E-state index in [1.165, 1.54) is 5.56 Å². The lowest BCUT2D eigenvalue weighted by Crippen LogP contribution is -1.96. The summed E-state index contributed by atoms with van der Waals surface area (Å²) in [5, 5.41) is 0. The van der Waals surface area contributed by atoms with E-state index in [4.69, 9.17) is 22.1 Å². The van der Waals surface area contributed by atoms with Gasteiger partial charge < -0.3 is 9.47 Å². The van der Waals surface area contributed by atoms with Gasteiger partial charge in [0, 0.05) is 11.8 Å². The number of aryl methyl sites for hydroxylation is 1. The van der Waals surface area contributed by atoms with Crippen LogP contribution in [0, 0.1) is 0 Å². The minimum Gasteiger partial charge on any atom is -0.496 e. The van der Waals surface area contributed by atoms with Crippen molar-refractivity contribution in [2.24, 2.45) is 0 Å². The van der Waals surface area contributed by atoms with Crippen LogP contribution in [0.15, 0.2) is 18.2 Å². The van der Waals surface area contributed by atoms with E-state index in [1.54, 1.807) is 7.11 Å². The lowest BCUT2D eigenvalue weighted by atomic mass is 10.1. The summed E-state index contributed by atoms with van der Waals surface area (Å²) in [4.78, 5) is 0. The molecule has 0 aliphatic carbocycles. The summed E-state index contributed by atoms with van der Waals surface area (Å²) >= 11 is 4.93. The van der Waals surface area contributed by atoms with Gasteiger partial charge in [-0.1, -0.05) is 18.7 Å². The topological polar surface area (TPSA) is 18.5 Å². The Labute approximate surface area is 97.0 Å². The van der Waals surface area contributed by atoms with Crippen molar-refractivity contribution in [2.75, 3.05) is 19.5 Å². The van der Waals surface area contributed by atoms with Crippen molar-refractivity contribution in [2.45, 2.75) is 19.8 Å². The smallest absolute Gasteiger partial charge is 0.125 e. The average Bonchev–Trinajstić information content (AvgIpc) is 2.27. The van der Waals surface area contributed by atoms with Crippen LogP contribution in [0.3, 0.4) is 0 Å². The maximum absolute atomic E-state index is 5.41. The highest BCUT2D eigenvalue weighted by molar-refractivity contribution is 7.80. The van der Waals surface area contributed by atoms with Gasteiger partial charge in [0.1, 0.15) is 11.5 Å². The quantitative estimate of drug-likeness (QED) is 0.740. The third kappa shape index (κ3) is 3.67. The summed E-state index contributed by atoms with van der Waals surface area (Å²) in [6.07, 6.45) is 1.98. The van der Waals surface area contributed by atoms with Gasteiger partial charge in [-0.2, -0.15) is 0 Å². The molecule has 1 aromatic rings. The molecule has 0 aliphatic heterocycles. The van der Waals surface area contributed by atoms with Crippen LogP contribution in [-0.4, -0.2) is 19.5 Å². The Morgan fingerprint density at radius 1 is 1.33 bits per heavy atom. The summed E-state index contributed by atoms with van der Waals surface area (Å²) in [7, 11) is 1.68. The van der Waals surface area contributed by atoms with Crippen molar-refractivity contribution in [1.29, 1.82) is 0 Å². The molecule has 0 spiro atoms. The molecular formula is C12H17O2S. The van der Waals surface area contributed by atoms with Crippen molar-refractivity contribution in [3.63, 3.8) is 0 Å². The predicted molar refractivity (Wildman–Crippen MR) is 64.9 cm³/mol. The largest absolute Gasteiger partial charge is 0.496 e. The molecule has 1 rings (SSSR count). The van der Waals surface area contributed by atoms with Crippen LogP contribution < -0.4 is 9.47 Å². The van der Waals surface area contributed by atoms with Gasteiger partial charge in [0.05, 0.1) is 13.7 Å². The Morgan fingerprint density at radius 2 is 2.13 bits per heavy atom. The summed E-state index contributed by atoms with van der Waals surface area (Å²) in [5.41, 5.74) is 1.20. The number of hydrogen-bond donors (Lipinski definition) is 0. The Hall–Kier alpha value is -0.830. The van der Waals surface area contributed by atoms with Gasteiger partial charge in [-0.15, -0.1) is 0 Å². The molecule has 83 valence electrons. The van der Waals surface area contributed by atoms with Crippen LogP contribution >= 0.6 is 12.6 Å². The first-order chi connectivity index (χ1) is 7.31. The Balaban J connectivity index is 2.78. The van der Waals surface area contributed by atoms with Gasteiger partial charge >= 0.3 is 0 Å². The molecule has 2 nitrogen and oxygen atoms in total. The van der Waals surface area contributed by atoms with Gasteiger partial charge in [0.15, 0.2) is 0 Å². The maximum Gasteiger partial charge on any atom is 0.125 e. The first-order valence-corrected chi connectivity index (χ1v) is 5.77. The van der Waals surface area contributed by atoms with Crippen LogP contribution in [-0.2, 0) is 6.42 Å². The fraction of sp³-hybridized carbons (Fsp3) is 0.500. The molecule has 0 aliphatic rings. The monoisotopic (exact) mass is 225 g/mol. The average molecular weight is 225 g/mol. The standard InChI is InChI=1S/C12H17O2S/c1-3-14-11-7-6-10(5-4-8-15)12(9-11)13-2/h6-7,9H,3-5,8H2,1-2H3. The number of methoxy groups -OCH3 is 1. The molecular weight excluding hydrogens is 208 g/mol. The summed E-state index contributed by atoms with van der Waals surface area (Å²) in [6, 6.07) is 5.96. The lowest BCUT2D eigenvalue weighted by Gasteiger charge is -2.10. The molecule has 0 unspecified atom stereocenters. The molecule has 1 radical (unpaired) electrons. The molecule has 0 heterocycles. The van der Waals surface area contributed by atoms with E-state index in [0.29, 0.717) is 6.61 Å². The second kappa shape index (κ2) is 6.62. The van der Waals surface area contributed by atoms with Crippen LogP contribution in [0.25, 0.3) is 0 Å². The minimum absolute atomic E-state index is 0.675. The maximum atomic E-state index is 5.41. The van der Waals surface area contributed by atoms with Crippen LogP contribution in [0.4, 0.5) is 0 Å². The van der Waals surface area contributed by atoms with Crippen LogP contribution in [0.1, 0.15) is 18.9 Å². The van der Waals surface area contributed by atoms with Crippen LogP contribution in [0.5, 0.6) is 11.5 Å². The van der Waals surface area contributed by atoms with Crippen LogP contribution in [0.2, 0.25) is 0 Å². The Kier molecular flexibility index (Phi) is 5.40. The zero-order valence-electron chi connectivity index (χ0n) is 9.29. The zero-order valence-corrected chi connectivity index (χ0v) is 10.1. The van der Waals surface area contributed by atoms with Gasteiger partial charge in [-0.3, -0.25) is 0 Å². The first kappa shape index (κ1) is 12.2. The van der Waals surface area contributed by atoms with E-state index in [-0.39, 0.29) is 0 Å². The van der Waals surface area contributed by atoms with Gasteiger partial charge in [-0.25, -0.2) is 0 Å². The molecule has 0 aromatic heterocycles. The van der Waals surface area contributed by atoms with E-state index in [9.17, 15) is 0 Å². The van der Waals surface area contributed by atoms with E-state index < -0.39 is 0 Å². The molecule has 0 N–H and O–H groups in total. The SMILES string of the molecule is CCOc1ccc(CCC[S])c(OC)c1. The van der Waals surface area contributed by atoms with E-state index in [1.807, 2.05) is 19.1 Å². The van der Waals surface area contributed by atoms with Crippen molar-refractivity contribution in [1.82, 2.24) is 0 Å². The molecule has 15 heavy (non-hydrogen) atoms. The fourth-order valence-corrected chi connectivity index (χ4v) is 1.59. The lowest BCUT2D eigenvalue weighted by molar-refractivity contribution is 0.335. The van der Waals surface area contributed by atoms with Gasteiger partial charge in [0.25, 0.3) is 0 Å². The third-order valence-electron chi connectivity index (χ3n) is 2.16. The summed E-state index contributed by atoms with van der Waals surface area (Å²) in [5.74, 6) is 2.54. The normalized spacial score (nSPS) is 10.1. The highest BCUT2D eigenvalue weighted by Gasteiger charge is 2.04. The molecule has 0 saturated carbocycles. The third-order valence-corrected chi connectivity index (χ3v) is 2.45. The van der Waals surface area contributed by atoms with Gasteiger partial charge in [0.2, 0.25) is 0 Å². The first-order valence-electron chi connectivity index (χ1n) is 5.19. The van der Waals surface area contributed by atoms with Crippen molar-refractivity contribution < 1.29 is 9.47 Å². The highest BCUT2D eigenvalue weighted by atomic mass is 32.1. The zero-order chi connectivity index (χ0) is 11.1. The van der Waals surface area contributed by atoms with Crippen molar-refractivity contribution >= 4 is 12.6 Å². The van der Waals surface area contributed by atoms with E-state index in [0.717, 1.165) is 30.1 Å². The summed E-state index contributed by atoms with van der Waals surface area (Å²) < 4.78 is 10.7. The molecule has 1 aromatic carbocycles. The highest BCUT2D eigenvalue weighted by Crippen LogP contribution is 2.25. The van der Waals surface area contributed by atoms with Crippen molar-refractivity contribution in [3.8, 4) is 11.5 Å². The second-order valence-corrected chi connectivity index (χ2v) is 3.62. The van der Waals surface area contributed by atoms with Crippen molar-refractivity contribution in [3.05, 3.63) is 23.8 Å². The predicted octanol–water partition coefficient (Wildman–Crippen LogP) is 3.22. The molecule has 0 amide bonds. The molecule has 0 fully saturated rings. The second-order valence-electron chi connectivity index (χ2n) is 3.21. The van der Waals surface area contributed by atoms with E-state index in [2.05, 4.69) is 6.07 Å². The van der Waals surface area contributed by atoms with E-state index >= 15 is 0 Å². The minimum atomic E-state index is 0.675. The Morgan fingerprint density at radius 3 is 2.73 bits per heavy atom. The number of ether oxygens (including phenoxy) is 2. The Bertz CT molecular complexity index is 300. The number of rotatable bonds is 6. The molecule has 3 heteroatoms. The molecule has 0 saturated heterocycles. The fourth-order valence-electron chi connectivity index (χ4n) is 1.45. The summed E-state index contributed by atoms with van der Waals surface area (Å²) in [6.45, 7) is 2.65. The number of benzene rings is 1.